The van der Waals surface area contributed by atoms with Crippen LogP contribution in [-0.4, -0.2) is 13.7 Å². The molecule has 2 aromatic rings. The van der Waals surface area contributed by atoms with Crippen LogP contribution >= 0.6 is 0 Å². The molecule has 0 aliphatic heterocycles. The van der Waals surface area contributed by atoms with Gasteiger partial charge in [-0.25, -0.2) is 0 Å². The molecule has 0 atom stereocenters. The highest BCUT2D eigenvalue weighted by Crippen LogP contribution is 2.22. The van der Waals surface area contributed by atoms with Crippen LogP contribution in [0.2, 0.25) is 0 Å². The number of methoxy groups -OCH3 is 1. The first-order valence-corrected chi connectivity index (χ1v) is 6.13. The van der Waals surface area contributed by atoms with Crippen molar-refractivity contribution in [2.24, 2.45) is 0 Å². The molecule has 2 rings (SSSR count). The van der Waals surface area contributed by atoms with E-state index >= 15 is 0 Å². The summed E-state index contributed by atoms with van der Waals surface area (Å²) in [6.07, 6.45) is 0. The maximum Gasteiger partial charge on any atom is 0.120 e. The largest absolute Gasteiger partial charge is 0.497 e. The van der Waals surface area contributed by atoms with Crippen LogP contribution < -0.4 is 9.64 Å². The molecule has 0 bridgehead atoms. The van der Waals surface area contributed by atoms with Gasteiger partial charge in [-0.05, 0) is 17.7 Å². The lowest BCUT2D eigenvalue weighted by Gasteiger charge is -2.22. The first-order valence-electron chi connectivity index (χ1n) is 6.13. The Morgan fingerprint density at radius 2 is 1.89 bits per heavy atom. The van der Waals surface area contributed by atoms with Crippen molar-refractivity contribution in [3.8, 4) is 11.8 Å². The van der Waals surface area contributed by atoms with Gasteiger partial charge in [0.2, 0.25) is 0 Å². The third-order valence-electron chi connectivity index (χ3n) is 2.90. The predicted molar refractivity (Wildman–Crippen MR) is 76.1 cm³/mol. The van der Waals surface area contributed by atoms with E-state index in [1.54, 1.807) is 7.11 Å². The van der Waals surface area contributed by atoms with Crippen LogP contribution in [0.5, 0.6) is 5.75 Å². The molecule has 0 spiro atoms. The Hall–Kier alpha value is -2.47. The number of benzene rings is 2. The molecule has 0 aliphatic rings. The zero-order chi connectivity index (χ0) is 13.5. The van der Waals surface area contributed by atoms with Gasteiger partial charge in [0.1, 0.15) is 12.3 Å². The monoisotopic (exact) mass is 252 g/mol. The Kier molecular flexibility index (Phi) is 4.41. The second-order valence-corrected chi connectivity index (χ2v) is 4.20. The first kappa shape index (κ1) is 13.0. The molecular formula is C16H16N2O. The quantitative estimate of drug-likeness (QED) is 0.766. The van der Waals surface area contributed by atoms with Gasteiger partial charge in [0.15, 0.2) is 0 Å². The highest BCUT2D eigenvalue weighted by atomic mass is 16.5. The number of nitriles is 1. The minimum absolute atomic E-state index is 0.349. The van der Waals surface area contributed by atoms with E-state index in [-0.39, 0.29) is 0 Å². The molecule has 3 heteroatoms. The molecule has 3 nitrogen and oxygen atoms in total. The summed E-state index contributed by atoms with van der Waals surface area (Å²) >= 11 is 0. The summed E-state index contributed by atoms with van der Waals surface area (Å²) in [6.45, 7) is 1.06. The van der Waals surface area contributed by atoms with Crippen LogP contribution in [0.3, 0.4) is 0 Å². The third-order valence-corrected chi connectivity index (χ3v) is 2.90. The molecule has 96 valence electrons. The van der Waals surface area contributed by atoms with Crippen LogP contribution in [-0.2, 0) is 6.54 Å². The van der Waals surface area contributed by atoms with Crippen molar-refractivity contribution < 1.29 is 4.74 Å². The van der Waals surface area contributed by atoms with Gasteiger partial charge in [0.05, 0.1) is 13.2 Å². The van der Waals surface area contributed by atoms with Gasteiger partial charge >= 0.3 is 0 Å². The fraction of sp³-hybridized carbons (Fsp3) is 0.188. The maximum atomic E-state index is 8.98. The molecule has 0 saturated heterocycles. The molecule has 0 fully saturated rings. The van der Waals surface area contributed by atoms with Gasteiger partial charge in [-0.15, -0.1) is 0 Å². The van der Waals surface area contributed by atoms with E-state index in [0.717, 1.165) is 11.4 Å². The number of ether oxygens (including phenoxy) is 1. The number of hydrogen-bond acceptors (Lipinski definition) is 3. The molecule has 2 aromatic carbocycles. The number of nitrogens with zero attached hydrogens (tertiary/aromatic N) is 2. The highest BCUT2D eigenvalue weighted by Gasteiger charge is 2.07. The zero-order valence-corrected chi connectivity index (χ0v) is 10.9. The van der Waals surface area contributed by atoms with Crippen molar-refractivity contribution in [3.63, 3.8) is 0 Å². The Morgan fingerprint density at radius 3 is 2.58 bits per heavy atom. The summed E-state index contributed by atoms with van der Waals surface area (Å²) in [4.78, 5) is 2.03. The van der Waals surface area contributed by atoms with Crippen molar-refractivity contribution in [2.75, 3.05) is 18.6 Å². The Balaban J connectivity index is 2.22. The van der Waals surface area contributed by atoms with E-state index in [9.17, 15) is 0 Å². The highest BCUT2D eigenvalue weighted by molar-refractivity contribution is 5.51. The van der Waals surface area contributed by atoms with Crippen molar-refractivity contribution in [1.82, 2.24) is 0 Å². The lowest BCUT2D eigenvalue weighted by Crippen LogP contribution is -2.22. The van der Waals surface area contributed by atoms with E-state index in [2.05, 4.69) is 18.2 Å². The molecule has 0 radical (unpaired) electrons. The van der Waals surface area contributed by atoms with Gasteiger partial charge in [-0.1, -0.05) is 36.4 Å². The van der Waals surface area contributed by atoms with Gasteiger partial charge in [-0.3, -0.25) is 0 Å². The molecule has 0 amide bonds. The molecule has 0 N–H and O–H groups in total. The predicted octanol–water partition coefficient (Wildman–Crippen LogP) is 3.23. The van der Waals surface area contributed by atoms with E-state index < -0.39 is 0 Å². The van der Waals surface area contributed by atoms with Crippen LogP contribution in [0.1, 0.15) is 5.56 Å². The Bertz CT molecular complexity index is 560. The molecular weight excluding hydrogens is 236 g/mol. The van der Waals surface area contributed by atoms with E-state index in [4.69, 9.17) is 10.00 Å². The van der Waals surface area contributed by atoms with E-state index in [0.29, 0.717) is 13.1 Å². The minimum atomic E-state index is 0.349. The number of rotatable bonds is 5. The van der Waals surface area contributed by atoms with Crippen LogP contribution in [0.4, 0.5) is 5.69 Å². The van der Waals surface area contributed by atoms with Crippen LogP contribution in [0.25, 0.3) is 0 Å². The van der Waals surface area contributed by atoms with Crippen molar-refractivity contribution in [3.05, 3.63) is 60.2 Å². The molecule has 0 heterocycles. The average Bonchev–Trinajstić information content (AvgIpc) is 2.48. The second-order valence-electron chi connectivity index (χ2n) is 4.20. The summed E-state index contributed by atoms with van der Waals surface area (Å²) in [5.41, 5.74) is 2.17. The lowest BCUT2D eigenvalue weighted by molar-refractivity contribution is 0.415. The maximum absolute atomic E-state index is 8.98. The van der Waals surface area contributed by atoms with Gasteiger partial charge in [-0.2, -0.15) is 5.26 Å². The molecule has 0 saturated carbocycles. The van der Waals surface area contributed by atoms with Crippen LogP contribution in [0, 0.1) is 11.3 Å². The normalized spacial score (nSPS) is 9.68. The summed E-state index contributed by atoms with van der Waals surface area (Å²) in [6, 6.07) is 20.1. The Labute approximate surface area is 113 Å². The van der Waals surface area contributed by atoms with Gasteiger partial charge < -0.3 is 9.64 Å². The van der Waals surface area contributed by atoms with Crippen molar-refractivity contribution in [2.45, 2.75) is 6.54 Å². The minimum Gasteiger partial charge on any atom is -0.497 e. The SMILES string of the molecule is COc1cccc(N(CC#N)Cc2ccccc2)c1. The van der Waals surface area contributed by atoms with Crippen LogP contribution in [0.15, 0.2) is 54.6 Å². The Morgan fingerprint density at radius 1 is 1.11 bits per heavy atom. The second kappa shape index (κ2) is 6.46. The van der Waals surface area contributed by atoms with E-state index in [1.807, 2.05) is 47.4 Å². The third kappa shape index (κ3) is 3.49. The number of hydrogen-bond donors (Lipinski definition) is 0. The fourth-order valence-electron chi connectivity index (χ4n) is 1.93. The summed E-state index contributed by atoms with van der Waals surface area (Å²) in [5, 5.41) is 8.98. The summed E-state index contributed by atoms with van der Waals surface area (Å²) in [7, 11) is 1.64. The lowest BCUT2D eigenvalue weighted by atomic mass is 10.2. The molecule has 19 heavy (non-hydrogen) atoms. The zero-order valence-electron chi connectivity index (χ0n) is 10.9. The van der Waals surface area contributed by atoms with E-state index in [1.165, 1.54) is 5.56 Å². The average molecular weight is 252 g/mol. The first-order chi connectivity index (χ1) is 9.33. The number of anilines is 1. The van der Waals surface area contributed by atoms with Gasteiger partial charge in [0, 0.05) is 18.3 Å². The fourth-order valence-corrected chi connectivity index (χ4v) is 1.93. The van der Waals surface area contributed by atoms with Crippen molar-refractivity contribution >= 4 is 5.69 Å². The standard InChI is InChI=1S/C16H16N2O/c1-19-16-9-5-8-15(12-16)18(11-10-17)13-14-6-3-2-4-7-14/h2-9,12H,11,13H2,1H3. The topological polar surface area (TPSA) is 36.3 Å². The van der Waals surface area contributed by atoms with Gasteiger partial charge in [0.25, 0.3) is 0 Å². The molecule has 0 aromatic heterocycles. The molecule has 0 unspecified atom stereocenters. The summed E-state index contributed by atoms with van der Waals surface area (Å²) in [5.74, 6) is 0.800. The molecule has 0 aliphatic carbocycles. The summed E-state index contributed by atoms with van der Waals surface area (Å²) < 4.78 is 5.22. The van der Waals surface area contributed by atoms with Crippen molar-refractivity contribution in [1.29, 1.82) is 5.26 Å². The smallest absolute Gasteiger partial charge is 0.120 e.